The second-order valence-corrected chi connectivity index (χ2v) is 4.71. The summed E-state index contributed by atoms with van der Waals surface area (Å²) in [7, 11) is 1.60. The van der Waals surface area contributed by atoms with E-state index in [1.807, 2.05) is 36.4 Å². The van der Waals surface area contributed by atoms with Gasteiger partial charge in [-0.25, -0.2) is 5.06 Å². The van der Waals surface area contributed by atoms with Crippen LogP contribution in [0.25, 0.3) is 0 Å². The molecule has 1 heterocycles. The lowest BCUT2D eigenvalue weighted by atomic mass is 10.1. The number of anilines is 1. The lowest BCUT2D eigenvalue weighted by molar-refractivity contribution is 0.281. The van der Waals surface area contributed by atoms with Crippen LogP contribution in [0.3, 0.4) is 0 Å². The molecule has 0 fully saturated rings. The number of hydrogen-bond acceptors (Lipinski definition) is 5. The average molecular weight is 284 g/mol. The summed E-state index contributed by atoms with van der Waals surface area (Å²) in [5.41, 5.74) is 2.62. The molecule has 0 unspecified atom stereocenters. The van der Waals surface area contributed by atoms with Gasteiger partial charge in [0.15, 0.2) is 11.5 Å². The third kappa shape index (κ3) is 2.83. The predicted molar refractivity (Wildman–Crippen MR) is 80.2 cm³/mol. The van der Waals surface area contributed by atoms with Crippen LogP contribution in [-0.4, -0.2) is 18.7 Å². The molecular formula is C16H16N2O3. The molecule has 2 aromatic rings. The van der Waals surface area contributed by atoms with E-state index < -0.39 is 0 Å². The molecule has 5 nitrogen and oxygen atoms in total. The van der Waals surface area contributed by atoms with Crippen LogP contribution in [0.2, 0.25) is 0 Å². The molecule has 3 rings (SSSR count). The van der Waals surface area contributed by atoms with Crippen LogP contribution in [0, 0.1) is 0 Å². The summed E-state index contributed by atoms with van der Waals surface area (Å²) < 4.78 is 11.2. The first-order chi connectivity index (χ1) is 10.3. The van der Waals surface area contributed by atoms with Gasteiger partial charge in [-0.05, 0) is 11.6 Å². The summed E-state index contributed by atoms with van der Waals surface area (Å²) in [6, 6.07) is 13.5. The molecule has 0 atom stereocenters. The third-order valence-electron chi connectivity index (χ3n) is 3.30. The molecule has 0 saturated carbocycles. The highest BCUT2D eigenvalue weighted by Crippen LogP contribution is 2.36. The molecule has 5 heteroatoms. The van der Waals surface area contributed by atoms with E-state index in [0.29, 0.717) is 30.3 Å². The zero-order valence-electron chi connectivity index (χ0n) is 11.7. The third-order valence-corrected chi connectivity index (χ3v) is 3.30. The largest absolute Gasteiger partial charge is 0.493 e. The van der Waals surface area contributed by atoms with Crippen LogP contribution in [-0.2, 0) is 13.2 Å². The summed E-state index contributed by atoms with van der Waals surface area (Å²) in [4.78, 5) is 4.05. The number of ether oxygens (including phenoxy) is 2. The van der Waals surface area contributed by atoms with Crippen LogP contribution < -0.4 is 14.5 Å². The Hall–Kier alpha value is -2.53. The van der Waals surface area contributed by atoms with Gasteiger partial charge in [-0.2, -0.15) is 0 Å². The van der Waals surface area contributed by atoms with E-state index in [1.165, 1.54) is 6.34 Å². The van der Waals surface area contributed by atoms with Crippen molar-refractivity contribution in [2.75, 3.05) is 12.2 Å². The van der Waals surface area contributed by atoms with Crippen LogP contribution in [0.4, 0.5) is 5.69 Å². The van der Waals surface area contributed by atoms with Crippen molar-refractivity contribution in [3.05, 3.63) is 53.6 Å². The lowest BCUT2D eigenvalue weighted by Crippen LogP contribution is -2.20. The number of methoxy groups -OCH3 is 1. The molecule has 0 amide bonds. The number of benzene rings is 2. The van der Waals surface area contributed by atoms with Crippen LogP contribution in [0.5, 0.6) is 11.5 Å². The zero-order valence-corrected chi connectivity index (χ0v) is 11.7. The highest BCUT2D eigenvalue weighted by atomic mass is 16.5. The van der Waals surface area contributed by atoms with Gasteiger partial charge in [0, 0.05) is 11.6 Å². The van der Waals surface area contributed by atoms with Crippen molar-refractivity contribution < 1.29 is 14.7 Å². The first-order valence-electron chi connectivity index (χ1n) is 6.63. The predicted octanol–water partition coefficient (Wildman–Crippen LogP) is 3.01. The number of rotatable bonds is 4. The van der Waals surface area contributed by atoms with E-state index in [2.05, 4.69) is 4.99 Å². The molecule has 108 valence electrons. The number of fused-ring (bicyclic) bond motifs is 1. The van der Waals surface area contributed by atoms with Crippen LogP contribution >= 0.6 is 0 Å². The maximum Gasteiger partial charge on any atom is 0.163 e. The summed E-state index contributed by atoms with van der Waals surface area (Å²) >= 11 is 0. The molecule has 1 aliphatic heterocycles. The van der Waals surface area contributed by atoms with Gasteiger partial charge in [0.05, 0.1) is 19.3 Å². The fraction of sp³-hybridized carbons (Fsp3) is 0.188. The molecule has 21 heavy (non-hydrogen) atoms. The topological polar surface area (TPSA) is 54.3 Å². The Balaban J connectivity index is 1.86. The Labute approximate surface area is 123 Å². The Morgan fingerprint density at radius 2 is 2.00 bits per heavy atom. The molecule has 0 bridgehead atoms. The van der Waals surface area contributed by atoms with E-state index in [9.17, 15) is 5.21 Å². The molecule has 0 saturated heterocycles. The van der Waals surface area contributed by atoms with Gasteiger partial charge < -0.3 is 9.47 Å². The Kier molecular flexibility index (Phi) is 3.75. The number of nitrogens with zero attached hydrogens (tertiary/aromatic N) is 2. The van der Waals surface area contributed by atoms with E-state index in [4.69, 9.17) is 9.47 Å². The van der Waals surface area contributed by atoms with Crippen molar-refractivity contribution in [1.29, 1.82) is 0 Å². The van der Waals surface area contributed by atoms with Crippen LogP contribution in [0.1, 0.15) is 11.1 Å². The minimum absolute atomic E-state index is 0.440. The Bertz CT molecular complexity index is 656. The van der Waals surface area contributed by atoms with Crippen molar-refractivity contribution in [2.24, 2.45) is 4.99 Å². The first-order valence-corrected chi connectivity index (χ1v) is 6.63. The fourth-order valence-electron chi connectivity index (χ4n) is 2.22. The summed E-state index contributed by atoms with van der Waals surface area (Å²) in [5.74, 6) is 1.23. The monoisotopic (exact) mass is 284 g/mol. The minimum Gasteiger partial charge on any atom is -0.493 e. The zero-order chi connectivity index (χ0) is 14.7. The quantitative estimate of drug-likeness (QED) is 0.937. The first kappa shape index (κ1) is 13.5. The normalized spacial score (nSPS) is 13.0. The van der Waals surface area contributed by atoms with Gasteiger partial charge in [-0.1, -0.05) is 30.3 Å². The van der Waals surface area contributed by atoms with Gasteiger partial charge in [-0.15, -0.1) is 0 Å². The van der Waals surface area contributed by atoms with Crippen LogP contribution in [0.15, 0.2) is 47.5 Å². The van der Waals surface area contributed by atoms with E-state index >= 15 is 0 Å². The SMILES string of the molecule is COc1cc2c(cc1OCc1ccccc1)N(O)C=NC2. The van der Waals surface area contributed by atoms with E-state index in [1.54, 1.807) is 13.2 Å². The van der Waals surface area contributed by atoms with E-state index in [0.717, 1.165) is 16.2 Å². The summed E-state index contributed by atoms with van der Waals surface area (Å²) in [5, 5.41) is 10.8. The minimum atomic E-state index is 0.440. The van der Waals surface area contributed by atoms with E-state index in [-0.39, 0.29) is 0 Å². The molecule has 0 aromatic heterocycles. The molecular weight excluding hydrogens is 268 g/mol. The second kappa shape index (κ2) is 5.85. The smallest absolute Gasteiger partial charge is 0.163 e. The van der Waals surface area contributed by atoms with Gasteiger partial charge in [0.2, 0.25) is 0 Å². The van der Waals surface area contributed by atoms with Crippen molar-refractivity contribution in [1.82, 2.24) is 0 Å². The number of hydroxylamine groups is 1. The van der Waals surface area contributed by atoms with Crippen molar-refractivity contribution in [2.45, 2.75) is 13.2 Å². The van der Waals surface area contributed by atoms with Gasteiger partial charge >= 0.3 is 0 Å². The maximum atomic E-state index is 9.82. The van der Waals surface area contributed by atoms with Crippen molar-refractivity contribution in [3.63, 3.8) is 0 Å². The average Bonchev–Trinajstić information content (AvgIpc) is 2.53. The standard InChI is InChI=1S/C16H16N2O3/c1-20-15-7-13-9-17-11-18(19)14(13)8-16(15)21-10-12-5-3-2-4-6-12/h2-8,11,19H,9-10H2,1H3. The van der Waals surface area contributed by atoms with Gasteiger partial charge in [-0.3, -0.25) is 10.2 Å². The second-order valence-electron chi connectivity index (χ2n) is 4.71. The molecule has 0 aliphatic carbocycles. The highest BCUT2D eigenvalue weighted by Gasteiger charge is 2.17. The summed E-state index contributed by atoms with van der Waals surface area (Å²) in [6.45, 7) is 0.956. The van der Waals surface area contributed by atoms with Crippen molar-refractivity contribution in [3.8, 4) is 11.5 Å². The maximum absolute atomic E-state index is 9.82. The number of hydrogen-bond donors (Lipinski definition) is 1. The molecule has 0 radical (unpaired) electrons. The van der Waals surface area contributed by atoms with Crippen molar-refractivity contribution >= 4 is 12.0 Å². The van der Waals surface area contributed by atoms with Gasteiger partial charge in [0.25, 0.3) is 0 Å². The molecule has 1 aliphatic rings. The molecule has 0 spiro atoms. The Morgan fingerprint density at radius 3 is 2.76 bits per heavy atom. The lowest BCUT2D eigenvalue weighted by Gasteiger charge is -2.21. The van der Waals surface area contributed by atoms with Gasteiger partial charge in [0.1, 0.15) is 12.9 Å². The Morgan fingerprint density at radius 1 is 1.19 bits per heavy atom. The summed E-state index contributed by atoms with van der Waals surface area (Å²) in [6.07, 6.45) is 1.38. The highest BCUT2D eigenvalue weighted by molar-refractivity contribution is 5.81. The fourth-order valence-corrected chi connectivity index (χ4v) is 2.22. The molecule has 2 aromatic carbocycles. The number of aliphatic imine (C=N–C) groups is 1. The molecule has 1 N–H and O–H groups in total.